The van der Waals surface area contributed by atoms with Crippen molar-refractivity contribution in [1.29, 1.82) is 0 Å². The number of methoxy groups -OCH3 is 1. The molecular formula is C16H14FN3O4S. The van der Waals surface area contributed by atoms with Crippen molar-refractivity contribution in [1.82, 2.24) is 14.6 Å². The molecule has 0 radical (unpaired) electrons. The molecule has 0 N–H and O–H groups in total. The number of esters is 1. The lowest BCUT2D eigenvalue weighted by molar-refractivity contribution is 0.0462. The van der Waals surface area contributed by atoms with E-state index in [1.54, 1.807) is 7.11 Å². The Morgan fingerprint density at radius 1 is 1.36 bits per heavy atom. The third-order valence-corrected chi connectivity index (χ3v) is 4.27. The molecule has 0 fully saturated rings. The van der Waals surface area contributed by atoms with E-state index < -0.39 is 11.8 Å². The lowest BCUT2D eigenvalue weighted by atomic mass is 10.2. The average Bonchev–Trinajstić information content (AvgIpc) is 3.02. The zero-order valence-electron chi connectivity index (χ0n) is 13.3. The van der Waals surface area contributed by atoms with Crippen molar-refractivity contribution in [2.75, 3.05) is 13.7 Å². The standard InChI is InChI=1S/C16H14FN3O4S/c1-23-7-6-13-19-20-14(21)8-10(18-16(20)25-13)9-24-15(22)11-4-2-3-5-12(11)17/h2-5,8H,6-7,9H2,1H3. The first-order chi connectivity index (χ1) is 12.1. The zero-order valence-corrected chi connectivity index (χ0v) is 14.1. The molecule has 9 heteroatoms. The molecule has 2 aromatic heterocycles. The second-order valence-electron chi connectivity index (χ2n) is 5.07. The van der Waals surface area contributed by atoms with Gasteiger partial charge in [-0.25, -0.2) is 14.2 Å². The second kappa shape index (κ2) is 7.49. The van der Waals surface area contributed by atoms with E-state index in [2.05, 4.69) is 10.1 Å². The number of carbonyl (C=O) groups is 1. The van der Waals surface area contributed by atoms with Crippen molar-refractivity contribution >= 4 is 22.3 Å². The zero-order chi connectivity index (χ0) is 17.8. The van der Waals surface area contributed by atoms with Gasteiger partial charge in [-0.15, -0.1) is 0 Å². The van der Waals surface area contributed by atoms with Crippen LogP contribution in [0.5, 0.6) is 0 Å². The first kappa shape index (κ1) is 17.2. The van der Waals surface area contributed by atoms with Crippen LogP contribution < -0.4 is 5.56 Å². The average molecular weight is 363 g/mol. The maximum absolute atomic E-state index is 13.6. The van der Waals surface area contributed by atoms with Gasteiger partial charge >= 0.3 is 5.97 Å². The Hall–Kier alpha value is -2.65. The summed E-state index contributed by atoms with van der Waals surface area (Å²) in [5.41, 5.74) is -0.265. The molecule has 0 aliphatic carbocycles. The van der Waals surface area contributed by atoms with Gasteiger partial charge in [0.05, 0.1) is 17.9 Å². The summed E-state index contributed by atoms with van der Waals surface area (Å²) >= 11 is 1.26. The highest BCUT2D eigenvalue weighted by Gasteiger charge is 2.14. The van der Waals surface area contributed by atoms with Crippen molar-refractivity contribution in [3.63, 3.8) is 0 Å². The molecule has 0 bridgehead atoms. The lowest BCUT2D eigenvalue weighted by Crippen LogP contribution is -2.17. The number of fused-ring (bicyclic) bond motifs is 1. The summed E-state index contributed by atoms with van der Waals surface area (Å²) < 4.78 is 24.8. The topological polar surface area (TPSA) is 82.8 Å². The highest BCUT2D eigenvalue weighted by Crippen LogP contribution is 2.13. The maximum atomic E-state index is 13.6. The van der Waals surface area contributed by atoms with Gasteiger partial charge in [-0.2, -0.15) is 9.61 Å². The van der Waals surface area contributed by atoms with Crippen LogP contribution >= 0.6 is 11.3 Å². The van der Waals surface area contributed by atoms with Crippen LogP contribution in [-0.2, 0) is 22.5 Å². The Balaban J connectivity index is 1.76. The van der Waals surface area contributed by atoms with Gasteiger partial charge in [0, 0.05) is 19.6 Å². The predicted octanol–water partition coefficient (Wildman–Crippen LogP) is 1.84. The Morgan fingerprint density at radius 3 is 2.92 bits per heavy atom. The molecule has 130 valence electrons. The molecule has 0 aliphatic heterocycles. The van der Waals surface area contributed by atoms with Crippen LogP contribution in [0, 0.1) is 5.82 Å². The van der Waals surface area contributed by atoms with Crippen LogP contribution in [0.4, 0.5) is 4.39 Å². The van der Waals surface area contributed by atoms with Gasteiger partial charge < -0.3 is 9.47 Å². The molecule has 0 atom stereocenters. The Morgan fingerprint density at radius 2 is 2.16 bits per heavy atom. The molecular weight excluding hydrogens is 349 g/mol. The minimum absolute atomic E-state index is 0.167. The van der Waals surface area contributed by atoms with E-state index in [9.17, 15) is 14.0 Å². The summed E-state index contributed by atoms with van der Waals surface area (Å²) in [5, 5.41) is 4.88. The van der Waals surface area contributed by atoms with E-state index in [1.807, 2.05) is 0 Å². The summed E-state index contributed by atoms with van der Waals surface area (Å²) in [4.78, 5) is 28.7. The van der Waals surface area contributed by atoms with Crippen molar-refractivity contribution in [3.8, 4) is 0 Å². The summed E-state index contributed by atoms with van der Waals surface area (Å²) in [6, 6.07) is 6.75. The number of aromatic nitrogens is 3. The smallest absolute Gasteiger partial charge is 0.341 e. The summed E-state index contributed by atoms with van der Waals surface area (Å²) in [6.07, 6.45) is 0.571. The summed E-state index contributed by atoms with van der Waals surface area (Å²) in [7, 11) is 1.58. The SMILES string of the molecule is COCCc1nn2c(=O)cc(COC(=O)c3ccccc3F)nc2s1. The second-order valence-corrected chi connectivity index (χ2v) is 6.12. The van der Waals surface area contributed by atoms with Crippen molar-refractivity contribution in [2.45, 2.75) is 13.0 Å². The van der Waals surface area contributed by atoms with Gasteiger partial charge in [0.25, 0.3) is 5.56 Å². The van der Waals surface area contributed by atoms with Crippen LogP contribution in [0.25, 0.3) is 4.96 Å². The van der Waals surface area contributed by atoms with E-state index >= 15 is 0 Å². The molecule has 3 aromatic rings. The van der Waals surface area contributed by atoms with E-state index in [4.69, 9.17) is 9.47 Å². The van der Waals surface area contributed by atoms with Crippen molar-refractivity contribution < 1.29 is 18.7 Å². The van der Waals surface area contributed by atoms with E-state index in [0.717, 1.165) is 0 Å². The molecule has 0 amide bonds. The number of hydrogen-bond donors (Lipinski definition) is 0. The molecule has 0 saturated heterocycles. The van der Waals surface area contributed by atoms with Gasteiger partial charge in [-0.3, -0.25) is 4.79 Å². The fourth-order valence-electron chi connectivity index (χ4n) is 2.10. The van der Waals surface area contributed by atoms with Gasteiger partial charge in [0.1, 0.15) is 17.4 Å². The van der Waals surface area contributed by atoms with Gasteiger partial charge in [-0.05, 0) is 12.1 Å². The fourth-order valence-corrected chi connectivity index (χ4v) is 3.00. The number of carbonyl (C=O) groups excluding carboxylic acids is 1. The third kappa shape index (κ3) is 3.89. The number of rotatable bonds is 6. The highest BCUT2D eigenvalue weighted by molar-refractivity contribution is 7.16. The van der Waals surface area contributed by atoms with Crippen LogP contribution in [0.1, 0.15) is 21.1 Å². The Kier molecular flexibility index (Phi) is 5.15. The first-order valence-corrected chi connectivity index (χ1v) is 8.19. The monoisotopic (exact) mass is 363 g/mol. The molecule has 0 saturated carbocycles. The Bertz CT molecular complexity index is 969. The number of nitrogens with zero attached hydrogens (tertiary/aromatic N) is 3. The number of benzene rings is 1. The first-order valence-electron chi connectivity index (χ1n) is 7.38. The highest BCUT2D eigenvalue weighted by atomic mass is 32.1. The van der Waals surface area contributed by atoms with Gasteiger partial charge in [0.2, 0.25) is 4.96 Å². The van der Waals surface area contributed by atoms with Gasteiger partial charge in [0.15, 0.2) is 0 Å². The van der Waals surface area contributed by atoms with Crippen LogP contribution in [0.2, 0.25) is 0 Å². The van der Waals surface area contributed by atoms with Crippen LogP contribution in [-0.4, -0.2) is 34.3 Å². The number of hydrogen-bond acceptors (Lipinski definition) is 7. The fraction of sp³-hybridized carbons (Fsp3) is 0.250. The minimum atomic E-state index is -0.815. The molecule has 0 aliphatic rings. The quantitative estimate of drug-likeness (QED) is 0.622. The molecule has 0 spiro atoms. The molecule has 7 nitrogen and oxygen atoms in total. The minimum Gasteiger partial charge on any atom is -0.455 e. The number of halogens is 1. The van der Waals surface area contributed by atoms with Gasteiger partial charge in [-0.1, -0.05) is 23.5 Å². The molecule has 0 unspecified atom stereocenters. The van der Waals surface area contributed by atoms with Crippen LogP contribution in [0.15, 0.2) is 35.1 Å². The predicted molar refractivity (Wildman–Crippen MR) is 88.2 cm³/mol. The van der Waals surface area contributed by atoms with Crippen LogP contribution in [0.3, 0.4) is 0 Å². The van der Waals surface area contributed by atoms with E-state index in [0.29, 0.717) is 23.0 Å². The summed E-state index contributed by atoms with van der Waals surface area (Å²) in [6.45, 7) is 0.256. The van der Waals surface area contributed by atoms with E-state index in [-0.39, 0.29) is 23.4 Å². The lowest BCUT2D eigenvalue weighted by Gasteiger charge is -2.05. The largest absolute Gasteiger partial charge is 0.455 e. The van der Waals surface area contributed by atoms with E-state index in [1.165, 1.54) is 46.2 Å². The molecule has 2 heterocycles. The summed E-state index contributed by atoms with van der Waals surface area (Å²) in [5.74, 6) is -1.48. The number of ether oxygens (including phenoxy) is 2. The third-order valence-electron chi connectivity index (χ3n) is 3.30. The maximum Gasteiger partial charge on any atom is 0.341 e. The van der Waals surface area contributed by atoms with Crippen molar-refractivity contribution in [3.05, 3.63) is 62.8 Å². The van der Waals surface area contributed by atoms with Crippen molar-refractivity contribution in [2.24, 2.45) is 0 Å². The normalized spacial score (nSPS) is 11.0. The molecule has 25 heavy (non-hydrogen) atoms. The molecule has 3 rings (SSSR count). The Labute approximate surface area is 145 Å². The molecule has 1 aromatic carbocycles.